The van der Waals surface area contributed by atoms with Crippen molar-refractivity contribution >= 4 is 0 Å². The third kappa shape index (κ3) is 3.84. The lowest BCUT2D eigenvalue weighted by Gasteiger charge is -2.15. The summed E-state index contributed by atoms with van der Waals surface area (Å²) in [5.74, 6) is -0.919. The molecule has 0 bridgehead atoms. The Labute approximate surface area is 111 Å². The second-order valence-corrected chi connectivity index (χ2v) is 4.28. The van der Waals surface area contributed by atoms with E-state index >= 15 is 0 Å². The zero-order chi connectivity index (χ0) is 13.7. The largest absolute Gasteiger partial charge is 0.296 e. The lowest BCUT2D eigenvalue weighted by molar-refractivity contribution is 0.00623. The summed E-state index contributed by atoms with van der Waals surface area (Å²) in [7, 11) is 0. The molecule has 0 aromatic heterocycles. The van der Waals surface area contributed by atoms with Gasteiger partial charge in [-0.2, -0.15) is 5.48 Å². The van der Waals surface area contributed by atoms with Gasteiger partial charge >= 0.3 is 0 Å². The molecular formula is C15H15F2NO. The molecule has 2 aromatic carbocycles. The van der Waals surface area contributed by atoms with E-state index < -0.39 is 17.7 Å². The van der Waals surface area contributed by atoms with Crippen molar-refractivity contribution in [1.82, 2.24) is 5.48 Å². The minimum Gasteiger partial charge on any atom is -0.296 e. The van der Waals surface area contributed by atoms with Crippen molar-refractivity contribution < 1.29 is 13.6 Å². The maximum Gasteiger partial charge on any atom is 0.128 e. The van der Waals surface area contributed by atoms with Crippen molar-refractivity contribution in [3.05, 3.63) is 71.3 Å². The Morgan fingerprint density at radius 2 is 1.84 bits per heavy atom. The lowest BCUT2D eigenvalue weighted by Crippen LogP contribution is -2.20. The van der Waals surface area contributed by atoms with Gasteiger partial charge in [-0.05, 0) is 30.7 Å². The number of hydrogen-bond acceptors (Lipinski definition) is 2. The lowest BCUT2D eigenvalue weighted by atomic mass is 10.1. The molecule has 1 atom stereocenters. The fourth-order valence-corrected chi connectivity index (χ4v) is 1.73. The number of benzene rings is 2. The summed E-state index contributed by atoms with van der Waals surface area (Å²) in [6.45, 7) is 2.07. The Hall–Kier alpha value is -1.78. The van der Waals surface area contributed by atoms with Gasteiger partial charge in [-0.1, -0.05) is 30.3 Å². The topological polar surface area (TPSA) is 21.3 Å². The molecule has 0 heterocycles. The smallest absolute Gasteiger partial charge is 0.128 e. The highest BCUT2D eigenvalue weighted by atomic mass is 19.1. The van der Waals surface area contributed by atoms with E-state index in [9.17, 15) is 8.78 Å². The predicted octanol–water partition coefficient (Wildman–Crippen LogP) is 3.75. The molecule has 100 valence electrons. The van der Waals surface area contributed by atoms with E-state index in [4.69, 9.17) is 4.84 Å². The summed E-state index contributed by atoms with van der Waals surface area (Å²) in [5, 5.41) is 0. The Balaban J connectivity index is 1.91. The van der Waals surface area contributed by atoms with E-state index in [2.05, 4.69) is 5.48 Å². The van der Waals surface area contributed by atoms with E-state index in [-0.39, 0.29) is 5.56 Å². The third-order valence-electron chi connectivity index (χ3n) is 2.77. The molecular weight excluding hydrogens is 248 g/mol. The average molecular weight is 263 g/mol. The quantitative estimate of drug-likeness (QED) is 0.829. The van der Waals surface area contributed by atoms with Gasteiger partial charge in [0.05, 0.1) is 12.6 Å². The van der Waals surface area contributed by atoms with Gasteiger partial charge in [0.15, 0.2) is 0 Å². The van der Waals surface area contributed by atoms with Crippen LogP contribution in [0.15, 0.2) is 48.5 Å². The second-order valence-electron chi connectivity index (χ2n) is 4.28. The third-order valence-corrected chi connectivity index (χ3v) is 2.77. The summed E-state index contributed by atoms with van der Waals surface area (Å²) < 4.78 is 26.6. The Morgan fingerprint density at radius 3 is 2.58 bits per heavy atom. The molecule has 1 unspecified atom stereocenters. The van der Waals surface area contributed by atoms with Crippen LogP contribution in [0.1, 0.15) is 24.1 Å². The second kappa shape index (κ2) is 6.41. The molecule has 0 radical (unpaired) electrons. The fourth-order valence-electron chi connectivity index (χ4n) is 1.73. The molecule has 1 N–H and O–H groups in total. The first kappa shape index (κ1) is 13.6. The Kier molecular flexibility index (Phi) is 4.60. The van der Waals surface area contributed by atoms with Crippen molar-refractivity contribution in [3.8, 4) is 0 Å². The van der Waals surface area contributed by atoms with Gasteiger partial charge in [-0.15, -0.1) is 0 Å². The molecule has 19 heavy (non-hydrogen) atoms. The molecule has 2 aromatic rings. The van der Waals surface area contributed by atoms with E-state index in [1.807, 2.05) is 30.3 Å². The van der Waals surface area contributed by atoms with Crippen LogP contribution >= 0.6 is 0 Å². The molecule has 0 saturated carbocycles. The SMILES string of the molecule is CC(NOCc1ccccc1)c1cc(F)ccc1F. The molecule has 2 rings (SSSR count). The van der Waals surface area contributed by atoms with Crippen molar-refractivity contribution in [2.24, 2.45) is 0 Å². The summed E-state index contributed by atoms with van der Waals surface area (Å²) in [6, 6.07) is 12.5. The van der Waals surface area contributed by atoms with Crippen LogP contribution in [0.2, 0.25) is 0 Å². The Bertz CT molecular complexity index is 531. The van der Waals surface area contributed by atoms with Crippen LogP contribution in [0.4, 0.5) is 8.78 Å². The predicted molar refractivity (Wildman–Crippen MR) is 69.1 cm³/mol. The van der Waals surface area contributed by atoms with Crippen LogP contribution in [0, 0.1) is 11.6 Å². The highest BCUT2D eigenvalue weighted by Gasteiger charge is 2.11. The first-order chi connectivity index (χ1) is 9.16. The maximum atomic E-state index is 13.5. The van der Waals surface area contributed by atoms with E-state index in [0.29, 0.717) is 6.61 Å². The van der Waals surface area contributed by atoms with Gasteiger partial charge in [0.1, 0.15) is 11.6 Å². The van der Waals surface area contributed by atoms with E-state index in [0.717, 1.165) is 17.7 Å². The molecule has 0 amide bonds. The highest BCUT2D eigenvalue weighted by Crippen LogP contribution is 2.18. The zero-order valence-corrected chi connectivity index (χ0v) is 10.6. The standard InChI is InChI=1S/C15H15F2NO/c1-11(14-9-13(16)7-8-15(14)17)18-19-10-12-5-3-2-4-6-12/h2-9,11,18H,10H2,1H3. The van der Waals surface area contributed by atoms with Crippen LogP contribution in [0.25, 0.3) is 0 Å². The summed E-state index contributed by atoms with van der Waals surface area (Å²) in [5.41, 5.74) is 3.95. The monoisotopic (exact) mass is 263 g/mol. The minimum atomic E-state index is -0.465. The number of nitrogens with one attached hydrogen (secondary N) is 1. The van der Waals surface area contributed by atoms with Crippen LogP contribution in [0.5, 0.6) is 0 Å². The summed E-state index contributed by atoms with van der Waals surface area (Å²) >= 11 is 0. The first-order valence-corrected chi connectivity index (χ1v) is 6.03. The van der Waals surface area contributed by atoms with Gasteiger partial charge in [0.2, 0.25) is 0 Å². The van der Waals surface area contributed by atoms with Crippen LogP contribution in [0.3, 0.4) is 0 Å². The first-order valence-electron chi connectivity index (χ1n) is 6.03. The summed E-state index contributed by atoms with van der Waals surface area (Å²) in [4.78, 5) is 5.29. The number of hydroxylamine groups is 1. The van der Waals surface area contributed by atoms with Crippen LogP contribution < -0.4 is 5.48 Å². The van der Waals surface area contributed by atoms with Crippen LogP contribution in [-0.4, -0.2) is 0 Å². The van der Waals surface area contributed by atoms with Crippen molar-refractivity contribution in [3.63, 3.8) is 0 Å². The molecule has 0 aliphatic carbocycles. The van der Waals surface area contributed by atoms with E-state index in [1.165, 1.54) is 6.07 Å². The molecule has 0 saturated heterocycles. The Morgan fingerprint density at radius 1 is 1.11 bits per heavy atom. The van der Waals surface area contributed by atoms with E-state index in [1.54, 1.807) is 6.92 Å². The van der Waals surface area contributed by atoms with Gasteiger partial charge < -0.3 is 0 Å². The fraction of sp³-hybridized carbons (Fsp3) is 0.200. The average Bonchev–Trinajstić information content (AvgIpc) is 2.42. The highest BCUT2D eigenvalue weighted by molar-refractivity contribution is 5.21. The molecule has 4 heteroatoms. The molecule has 2 nitrogen and oxygen atoms in total. The van der Waals surface area contributed by atoms with Crippen molar-refractivity contribution in [2.45, 2.75) is 19.6 Å². The molecule has 0 spiro atoms. The number of halogens is 2. The maximum absolute atomic E-state index is 13.5. The molecule has 0 aliphatic rings. The van der Waals surface area contributed by atoms with Crippen LogP contribution in [-0.2, 0) is 11.4 Å². The number of hydrogen-bond donors (Lipinski definition) is 1. The zero-order valence-electron chi connectivity index (χ0n) is 10.6. The van der Waals surface area contributed by atoms with Gasteiger partial charge in [0, 0.05) is 5.56 Å². The van der Waals surface area contributed by atoms with Crippen molar-refractivity contribution in [1.29, 1.82) is 0 Å². The normalized spacial score (nSPS) is 12.4. The van der Waals surface area contributed by atoms with Gasteiger partial charge in [-0.25, -0.2) is 8.78 Å². The minimum absolute atomic E-state index is 0.244. The van der Waals surface area contributed by atoms with Gasteiger partial charge in [0.25, 0.3) is 0 Å². The van der Waals surface area contributed by atoms with Crippen molar-refractivity contribution in [2.75, 3.05) is 0 Å². The van der Waals surface area contributed by atoms with Gasteiger partial charge in [-0.3, -0.25) is 4.84 Å². The summed E-state index contributed by atoms with van der Waals surface area (Å²) in [6.07, 6.45) is 0. The number of rotatable bonds is 5. The molecule has 0 fully saturated rings. The molecule has 0 aliphatic heterocycles.